The minimum atomic E-state index is -0.408. The average Bonchev–Trinajstić information content (AvgIpc) is 3.22. The van der Waals surface area contributed by atoms with E-state index in [-0.39, 0.29) is 17.9 Å². The van der Waals surface area contributed by atoms with Crippen LogP contribution >= 0.6 is 0 Å². The maximum atomic E-state index is 12.7. The van der Waals surface area contributed by atoms with Crippen LogP contribution in [0.4, 0.5) is 0 Å². The van der Waals surface area contributed by atoms with Crippen molar-refractivity contribution in [3.05, 3.63) is 34.9 Å². The Hall–Kier alpha value is -1.84. The molecule has 2 aliphatic rings. The molecule has 0 spiro atoms. The van der Waals surface area contributed by atoms with Gasteiger partial charge in [0.2, 0.25) is 11.8 Å². The topological polar surface area (TPSA) is 58.2 Å². The Morgan fingerprint density at radius 2 is 1.90 bits per heavy atom. The maximum Gasteiger partial charge on any atom is 0.242 e. The molecule has 1 heterocycles. The molecule has 2 N–H and O–H groups in total. The summed E-state index contributed by atoms with van der Waals surface area (Å²) in [7, 11) is 0. The molecule has 112 valence electrons. The van der Waals surface area contributed by atoms with Crippen LogP contribution in [0.2, 0.25) is 0 Å². The summed E-state index contributed by atoms with van der Waals surface area (Å²) in [6.07, 6.45) is 3.40. The normalized spacial score (nSPS) is 23.3. The molecule has 1 aromatic carbocycles. The van der Waals surface area contributed by atoms with Crippen LogP contribution in [0, 0.1) is 13.8 Å². The molecular formula is C17H22N2O2. The summed E-state index contributed by atoms with van der Waals surface area (Å²) >= 11 is 0. The molecule has 1 aliphatic heterocycles. The molecular weight excluding hydrogens is 264 g/mol. The molecule has 1 aliphatic carbocycles. The van der Waals surface area contributed by atoms with Crippen molar-refractivity contribution in [1.82, 2.24) is 10.6 Å². The molecule has 0 unspecified atom stereocenters. The van der Waals surface area contributed by atoms with E-state index >= 15 is 0 Å². The van der Waals surface area contributed by atoms with Crippen molar-refractivity contribution in [1.29, 1.82) is 0 Å². The number of piperidine rings is 1. The Morgan fingerprint density at radius 3 is 2.48 bits per heavy atom. The molecule has 4 nitrogen and oxygen atoms in total. The van der Waals surface area contributed by atoms with Crippen LogP contribution in [0.25, 0.3) is 0 Å². The second-order valence-corrected chi connectivity index (χ2v) is 6.42. The van der Waals surface area contributed by atoms with Crippen molar-refractivity contribution >= 4 is 11.8 Å². The van der Waals surface area contributed by atoms with E-state index in [0.29, 0.717) is 6.54 Å². The van der Waals surface area contributed by atoms with Gasteiger partial charge in [-0.25, -0.2) is 0 Å². The van der Waals surface area contributed by atoms with Gasteiger partial charge in [0.25, 0.3) is 0 Å². The number of hydrogen-bond donors (Lipinski definition) is 2. The van der Waals surface area contributed by atoms with Crippen molar-refractivity contribution in [3.63, 3.8) is 0 Å². The SMILES string of the molecule is Cc1cc(C)cc(C2(C(=O)N[C@@H]3CCCNC3=O)CC2)c1. The first-order valence-electron chi connectivity index (χ1n) is 7.69. The Balaban J connectivity index is 1.78. The van der Waals surface area contributed by atoms with Gasteiger partial charge in [-0.3, -0.25) is 9.59 Å². The fraction of sp³-hybridized carbons (Fsp3) is 0.529. The van der Waals surface area contributed by atoms with Crippen LogP contribution in [0.5, 0.6) is 0 Å². The summed E-state index contributed by atoms with van der Waals surface area (Å²) in [5.74, 6) is -0.0413. The van der Waals surface area contributed by atoms with Crippen molar-refractivity contribution in [2.45, 2.75) is 51.0 Å². The van der Waals surface area contributed by atoms with Crippen molar-refractivity contribution < 1.29 is 9.59 Å². The lowest BCUT2D eigenvalue weighted by Crippen LogP contribution is -2.52. The predicted octanol–water partition coefficient (Wildman–Crippen LogP) is 1.73. The molecule has 0 aromatic heterocycles. The molecule has 2 amide bonds. The number of rotatable bonds is 3. The van der Waals surface area contributed by atoms with Gasteiger partial charge in [0.15, 0.2) is 0 Å². The van der Waals surface area contributed by atoms with Gasteiger partial charge < -0.3 is 10.6 Å². The van der Waals surface area contributed by atoms with Gasteiger partial charge in [0.05, 0.1) is 5.41 Å². The first-order valence-corrected chi connectivity index (χ1v) is 7.69. The highest BCUT2D eigenvalue weighted by Gasteiger charge is 2.52. The first kappa shape index (κ1) is 14.1. The number of carbonyl (C=O) groups excluding carboxylic acids is 2. The van der Waals surface area contributed by atoms with Gasteiger partial charge in [-0.05, 0) is 45.1 Å². The van der Waals surface area contributed by atoms with Crippen molar-refractivity contribution in [3.8, 4) is 0 Å². The fourth-order valence-electron chi connectivity index (χ4n) is 3.23. The van der Waals surface area contributed by atoms with Gasteiger partial charge in [0.1, 0.15) is 6.04 Å². The zero-order valence-electron chi connectivity index (χ0n) is 12.7. The van der Waals surface area contributed by atoms with Gasteiger partial charge in [-0.1, -0.05) is 29.3 Å². The molecule has 3 rings (SSSR count). The van der Waals surface area contributed by atoms with E-state index < -0.39 is 5.41 Å². The number of amides is 2. The number of benzene rings is 1. The third-order valence-electron chi connectivity index (χ3n) is 4.55. The highest BCUT2D eigenvalue weighted by atomic mass is 16.2. The van der Waals surface area contributed by atoms with Crippen LogP contribution in [-0.4, -0.2) is 24.4 Å². The largest absolute Gasteiger partial charge is 0.354 e. The highest BCUT2D eigenvalue weighted by molar-refractivity contribution is 5.95. The Labute approximate surface area is 125 Å². The summed E-state index contributed by atoms with van der Waals surface area (Å²) < 4.78 is 0. The molecule has 4 heteroatoms. The van der Waals surface area contributed by atoms with E-state index in [1.807, 2.05) is 0 Å². The molecule has 0 radical (unpaired) electrons. The molecule has 2 fully saturated rings. The molecule has 21 heavy (non-hydrogen) atoms. The quantitative estimate of drug-likeness (QED) is 0.889. The smallest absolute Gasteiger partial charge is 0.242 e. The van der Waals surface area contributed by atoms with E-state index in [4.69, 9.17) is 0 Å². The highest BCUT2D eigenvalue weighted by Crippen LogP contribution is 2.49. The lowest BCUT2D eigenvalue weighted by atomic mass is 9.91. The van der Waals surface area contributed by atoms with Crippen LogP contribution in [0.1, 0.15) is 42.4 Å². The molecule has 1 aromatic rings. The van der Waals surface area contributed by atoms with Crippen molar-refractivity contribution in [2.24, 2.45) is 0 Å². The molecule has 0 bridgehead atoms. The minimum Gasteiger partial charge on any atom is -0.354 e. The van der Waals surface area contributed by atoms with Gasteiger partial charge in [-0.2, -0.15) is 0 Å². The molecule has 1 atom stereocenters. The Bertz CT molecular complexity index is 570. The van der Waals surface area contributed by atoms with Crippen LogP contribution in [-0.2, 0) is 15.0 Å². The van der Waals surface area contributed by atoms with E-state index in [1.54, 1.807) is 0 Å². The summed E-state index contributed by atoms with van der Waals surface area (Å²) in [5, 5.41) is 5.77. The fourth-order valence-corrected chi connectivity index (χ4v) is 3.23. The standard InChI is InChI=1S/C17H22N2O2/c1-11-8-12(2)10-13(9-11)17(5-6-17)16(21)19-14-4-3-7-18-15(14)20/h8-10,14H,3-7H2,1-2H3,(H,18,20)(H,19,21)/t14-/m1/s1. The van der Waals surface area contributed by atoms with Crippen LogP contribution in [0.3, 0.4) is 0 Å². The Kier molecular flexibility index (Phi) is 3.47. The van der Waals surface area contributed by atoms with Crippen molar-refractivity contribution in [2.75, 3.05) is 6.54 Å². The van der Waals surface area contributed by atoms with Gasteiger partial charge in [-0.15, -0.1) is 0 Å². The zero-order valence-corrected chi connectivity index (χ0v) is 12.7. The van der Waals surface area contributed by atoms with Gasteiger partial charge in [0, 0.05) is 6.54 Å². The van der Waals surface area contributed by atoms with E-state index in [0.717, 1.165) is 31.2 Å². The lowest BCUT2D eigenvalue weighted by Gasteiger charge is -2.25. The summed E-state index contributed by atoms with van der Waals surface area (Å²) in [5.41, 5.74) is 3.04. The summed E-state index contributed by atoms with van der Waals surface area (Å²) in [6.45, 7) is 4.82. The summed E-state index contributed by atoms with van der Waals surface area (Å²) in [6, 6.07) is 5.95. The second kappa shape index (κ2) is 5.17. The lowest BCUT2D eigenvalue weighted by molar-refractivity contribution is -0.131. The molecule has 1 saturated carbocycles. The number of aryl methyl sites for hydroxylation is 2. The first-order chi connectivity index (χ1) is 10.0. The van der Waals surface area contributed by atoms with E-state index in [2.05, 4.69) is 42.7 Å². The zero-order chi connectivity index (χ0) is 15.0. The van der Waals surface area contributed by atoms with Crippen LogP contribution < -0.4 is 10.6 Å². The predicted molar refractivity (Wildman–Crippen MR) is 81.0 cm³/mol. The third-order valence-corrected chi connectivity index (χ3v) is 4.55. The monoisotopic (exact) mass is 286 g/mol. The number of nitrogens with one attached hydrogen (secondary N) is 2. The Morgan fingerprint density at radius 1 is 1.24 bits per heavy atom. The summed E-state index contributed by atoms with van der Waals surface area (Å²) in [4.78, 5) is 24.5. The molecule has 1 saturated heterocycles. The van der Waals surface area contributed by atoms with Gasteiger partial charge >= 0.3 is 0 Å². The third kappa shape index (κ3) is 2.67. The average molecular weight is 286 g/mol. The van der Waals surface area contributed by atoms with E-state index in [9.17, 15) is 9.59 Å². The maximum absolute atomic E-state index is 12.7. The minimum absolute atomic E-state index is 0.00884. The number of hydrogen-bond acceptors (Lipinski definition) is 2. The number of carbonyl (C=O) groups is 2. The second-order valence-electron chi connectivity index (χ2n) is 6.42. The van der Waals surface area contributed by atoms with E-state index in [1.165, 1.54) is 11.1 Å². The van der Waals surface area contributed by atoms with Crippen LogP contribution in [0.15, 0.2) is 18.2 Å².